The van der Waals surface area contributed by atoms with Crippen LogP contribution in [0.1, 0.15) is 50.5 Å². The maximum atomic E-state index is 13.0. The smallest absolute Gasteiger partial charge is 0.416 e. The molecule has 1 unspecified atom stereocenters. The predicted octanol–water partition coefficient (Wildman–Crippen LogP) is 5.48. The molecule has 2 aromatic heterocycles. The SMILES string of the molecule is Cc1cc(C(=O)COC(=O)c2cccnc2Nc2cccc(C(F)(F)F)c2)c(C)n1CC1CCCO1. The Labute approximate surface area is 206 Å². The maximum Gasteiger partial charge on any atom is 0.416 e. The van der Waals surface area contributed by atoms with Crippen molar-refractivity contribution in [2.45, 2.75) is 45.5 Å². The first-order chi connectivity index (χ1) is 17.1. The first-order valence-corrected chi connectivity index (χ1v) is 11.5. The van der Waals surface area contributed by atoms with Gasteiger partial charge in [-0.05, 0) is 63.1 Å². The lowest BCUT2D eigenvalue weighted by atomic mass is 10.1. The maximum absolute atomic E-state index is 13.0. The molecule has 0 aliphatic carbocycles. The number of ether oxygens (including phenoxy) is 2. The number of alkyl halides is 3. The van der Waals surface area contributed by atoms with E-state index in [2.05, 4.69) is 10.3 Å². The van der Waals surface area contributed by atoms with E-state index in [9.17, 15) is 22.8 Å². The van der Waals surface area contributed by atoms with Gasteiger partial charge < -0.3 is 19.4 Å². The lowest BCUT2D eigenvalue weighted by molar-refractivity contribution is -0.137. The number of aryl methyl sites for hydroxylation is 1. The average molecular weight is 502 g/mol. The standard InChI is InChI=1S/C26H26F3N3O4/c1-16-12-22(17(2)32(16)14-20-8-5-11-35-20)23(33)15-36-25(34)21-9-4-10-30-24(21)31-19-7-3-6-18(13-19)26(27,28)29/h3-4,6-7,9-10,12-13,20H,5,8,11,14-15H2,1-2H3,(H,30,31). The van der Waals surface area contributed by atoms with E-state index >= 15 is 0 Å². The molecular formula is C26H26F3N3O4. The van der Waals surface area contributed by atoms with E-state index in [0.29, 0.717) is 12.1 Å². The van der Waals surface area contributed by atoms with Crippen LogP contribution in [0.2, 0.25) is 0 Å². The zero-order valence-corrected chi connectivity index (χ0v) is 19.9. The van der Waals surface area contributed by atoms with Gasteiger partial charge in [0.2, 0.25) is 5.78 Å². The Kier molecular flexibility index (Phi) is 7.44. The van der Waals surface area contributed by atoms with Crippen LogP contribution in [-0.4, -0.2) is 40.6 Å². The Morgan fingerprint density at radius 2 is 1.97 bits per heavy atom. The minimum Gasteiger partial charge on any atom is -0.454 e. The molecule has 0 amide bonds. The number of carbonyl (C=O) groups excluding carboxylic acids is 2. The molecular weight excluding hydrogens is 475 g/mol. The van der Waals surface area contributed by atoms with E-state index in [1.165, 1.54) is 30.5 Å². The molecule has 4 rings (SSSR count). The van der Waals surface area contributed by atoms with Gasteiger partial charge in [0.1, 0.15) is 11.4 Å². The highest BCUT2D eigenvalue weighted by Gasteiger charge is 2.30. The minimum absolute atomic E-state index is 0.00781. The summed E-state index contributed by atoms with van der Waals surface area (Å²) in [6.07, 6.45) is -1.02. The van der Waals surface area contributed by atoms with Crippen LogP contribution in [-0.2, 0) is 22.2 Å². The molecule has 7 nitrogen and oxygen atoms in total. The Balaban J connectivity index is 1.44. The largest absolute Gasteiger partial charge is 0.454 e. The predicted molar refractivity (Wildman–Crippen MR) is 126 cm³/mol. The fourth-order valence-corrected chi connectivity index (χ4v) is 4.22. The molecule has 1 aromatic carbocycles. The third-order valence-corrected chi connectivity index (χ3v) is 6.10. The van der Waals surface area contributed by atoms with E-state index < -0.39 is 24.3 Å². The van der Waals surface area contributed by atoms with Gasteiger partial charge >= 0.3 is 12.1 Å². The number of nitrogens with zero attached hydrogens (tertiary/aromatic N) is 2. The Morgan fingerprint density at radius 1 is 1.17 bits per heavy atom. The van der Waals surface area contributed by atoms with Gasteiger partial charge in [0, 0.05) is 42.0 Å². The molecule has 1 aliphatic rings. The molecule has 0 radical (unpaired) electrons. The number of carbonyl (C=O) groups is 2. The highest BCUT2D eigenvalue weighted by molar-refractivity contribution is 6.01. The number of rotatable bonds is 8. The van der Waals surface area contributed by atoms with Crippen LogP contribution < -0.4 is 5.32 Å². The molecule has 10 heteroatoms. The van der Waals surface area contributed by atoms with Crippen LogP contribution in [0.4, 0.5) is 24.7 Å². The van der Waals surface area contributed by atoms with Gasteiger partial charge in [-0.2, -0.15) is 13.2 Å². The molecule has 1 aliphatic heterocycles. The first kappa shape index (κ1) is 25.4. The van der Waals surface area contributed by atoms with E-state index in [1.54, 1.807) is 6.07 Å². The third kappa shape index (κ3) is 5.76. The molecule has 190 valence electrons. The quantitative estimate of drug-likeness (QED) is 0.325. The summed E-state index contributed by atoms with van der Waals surface area (Å²) in [6.45, 7) is 4.66. The number of benzene rings is 1. The summed E-state index contributed by atoms with van der Waals surface area (Å²) in [4.78, 5) is 29.7. The second-order valence-corrected chi connectivity index (χ2v) is 8.63. The van der Waals surface area contributed by atoms with E-state index in [4.69, 9.17) is 9.47 Å². The van der Waals surface area contributed by atoms with Gasteiger partial charge in [-0.3, -0.25) is 4.79 Å². The zero-order chi connectivity index (χ0) is 25.9. The summed E-state index contributed by atoms with van der Waals surface area (Å²) in [6, 6.07) is 9.22. The fourth-order valence-electron chi connectivity index (χ4n) is 4.22. The van der Waals surface area contributed by atoms with Crippen molar-refractivity contribution in [1.82, 2.24) is 9.55 Å². The number of pyridine rings is 1. The van der Waals surface area contributed by atoms with E-state index in [1.807, 2.05) is 18.4 Å². The van der Waals surface area contributed by atoms with Crippen LogP contribution in [0.5, 0.6) is 0 Å². The average Bonchev–Trinajstić information content (AvgIpc) is 3.46. The number of esters is 1. The summed E-state index contributed by atoms with van der Waals surface area (Å²) in [5.41, 5.74) is 1.41. The number of hydrogen-bond acceptors (Lipinski definition) is 6. The molecule has 3 heterocycles. The van der Waals surface area contributed by atoms with E-state index in [0.717, 1.165) is 43.0 Å². The van der Waals surface area contributed by atoms with Crippen LogP contribution >= 0.6 is 0 Å². The van der Waals surface area contributed by atoms with Gasteiger partial charge in [-0.15, -0.1) is 0 Å². The zero-order valence-electron chi connectivity index (χ0n) is 19.9. The van der Waals surface area contributed by atoms with Crippen molar-refractivity contribution in [3.8, 4) is 0 Å². The molecule has 1 N–H and O–H groups in total. The molecule has 0 spiro atoms. The summed E-state index contributed by atoms with van der Waals surface area (Å²) < 4.78 is 52.1. The van der Waals surface area contributed by atoms with Crippen LogP contribution in [0.3, 0.4) is 0 Å². The molecule has 1 atom stereocenters. The Bertz CT molecular complexity index is 1260. The van der Waals surface area contributed by atoms with Crippen molar-refractivity contribution in [2.75, 3.05) is 18.5 Å². The monoisotopic (exact) mass is 501 g/mol. The van der Waals surface area contributed by atoms with Crippen LogP contribution in [0.25, 0.3) is 0 Å². The molecule has 1 fully saturated rings. The second-order valence-electron chi connectivity index (χ2n) is 8.63. The van der Waals surface area contributed by atoms with Crippen LogP contribution in [0.15, 0.2) is 48.7 Å². The first-order valence-electron chi connectivity index (χ1n) is 11.5. The molecule has 0 saturated carbocycles. The third-order valence-electron chi connectivity index (χ3n) is 6.10. The number of nitrogens with one attached hydrogen (secondary N) is 1. The van der Waals surface area contributed by atoms with E-state index in [-0.39, 0.29) is 29.0 Å². The Hall–Kier alpha value is -3.66. The Morgan fingerprint density at radius 3 is 2.69 bits per heavy atom. The molecule has 1 saturated heterocycles. The number of halogens is 3. The number of hydrogen-bond donors (Lipinski definition) is 1. The van der Waals surface area contributed by atoms with Crippen LogP contribution in [0, 0.1) is 13.8 Å². The highest BCUT2D eigenvalue weighted by Crippen LogP contribution is 2.31. The van der Waals surface area contributed by atoms with Gasteiger partial charge in [-0.25, -0.2) is 9.78 Å². The lowest BCUT2D eigenvalue weighted by Crippen LogP contribution is -2.18. The molecule has 3 aromatic rings. The van der Waals surface area contributed by atoms with Gasteiger partial charge in [0.05, 0.1) is 11.7 Å². The highest BCUT2D eigenvalue weighted by atomic mass is 19.4. The minimum atomic E-state index is -4.51. The summed E-state index contributed by atoms with van der Waals surface area (Å²) in [7, 11) is 0. The number of Topliss-reactive ketones (excluding diaryl/α,β-unsaturated/α-hetero) is 1. The fraction of sp³-hybridized carbons (Fsp3) is 0.346. The van der Waals surface area contributed by atoms with Crippen molar-refractivity contribution in [3.63, 3.8) is 0 Å². The van der Waals surface area contributed by atoms with Crippen molar-refractivity contribution in [3.05, 3.63) is 76.7 Å². The van der Waals surface area contributed by atoms with Crippen molar-refractivity contribution in [2.24, 2.45) is 0 Å². The lowest BCUT2D eigenvalue weighted by Gasteiger charge is -2.15. The van der Waals surface area contributed by atoms with Gasteiger partial charge in [0.15, 0.2) is 6.61 Å². The topological polar surface area (TPSA) is 82.5 Å². The van der Waals surface area contributed by atoms with Crippen molar-refractivity contribution >= 4 is 23.3 Å². The molecule has 0 bridgehead atoms. The number of ketones is 1. The summed E-state index contributed by atoms with van der Waals surface area (Å²) in [5.74, 6) is -1.16. The number of aromatic nitrogens is 2. The second kappa shape index (κ2) is 10.5. The van der Waals surface area contributed by atoms with Crippen molar-refractivity contribution in [1.29, 1.82) is 0 Å². The summed E-state index contributed by atoms with van der Waals surface area (Å²) >= 11 is 0. The van der Waals surface area contributed by atoms with Crippen molar-refractivity contribution < 1.29 is 32.2 Å². The van der Waals surface area contributed by atoms with Gasteiger partial charge in [0.25, 0.3) is 0 Å². The number of anilines is 2. The molecule has 36 heavy (non-hydrogen) atoms. The summed E-state index contributed by atoms with van der Waals surface area (Å²) in [5, 5.41) is 2.73. The normalized spacial score (nSPS) is 15.6. The van der Waals surface area contributed by atoms with Gasteiger partial charge in [-0.1, -0.05) is 6.07 Å².